The molecule has 1 N–H and O–H groups in total. The maximum atomic E-state index is 5.59. The van der Waals surface area contributed by atoms with Crippen LogP contribution < -0.4 is 5.32 Å². The Balaban J connectivity index is 3.26. The average molecular weight is 215 g/mol. The number of nitrogens with one attached hydrogen (secondary N) is 1. The summed E-state index contributed by atoms with van der Waals surface area (Å²) < 4.78 is 5.59. The van der Waals surface area contributed by atoms with Crippen molar-refractivity contribution in [3.05, 3.63) is 0 Å². The van der Waals surface area contributed by atoms with Gasteiger partial charge in [-0.2, -0.15) is 0 Å². The van der Waals surface area contributed by atoms with Crippen LogP contribution in [0.2, 0.25) is 0 Å². The molecular weight excluding hydrogens is 186 g/mol. The zero-order valence-electron chi connectivity index (χ0n) is 11.4. The fourth-order valence-electron chi connectivity index (χ4n) is 1.20. The van der Waals surface area contributed by atoms with E-state index in [1.165, 1.54) is 6.42 Å². The van der Waals surface area contributed by atoms with E-state index in [4.69, 9.17) is 4.74 Å². The molecule has 0 aliphatic heterocycles. The lowest BCUT2D eigenvalue weighted by Crippen LogP contribution is -2.38. The van der Waals surface area contributed by atoms with E-state index in [9.17, 15) is 0 Å². The summed E-state index contributed by atoms with van der Waals surface area (Å²) in [6.07, 6.45) is 1.17. The molecule has 0 rings (SSSR count). The fraction of sp³-hybridized carbons (Fsp3) is 1.00. The molecule has 2 nitrogen and oxygen atoms in total. The molecule has 0 aromatic rings. The zero-order chi connectivity index (χ0) is 11.9. The van der Waals surface area contributed by atoms with Crippen molar-refractivity contribution in [2.24, 2.45) is 11.8 Å². The highest BCUT2D eigenvalue weighted by Gasteiger charge is 2.08. The highest BCUT2D eigenvalue weighted by Crippen LogP contribution is 2.13. The second-order valence-corrected chi connectivity index (χ2v) is 5.80. The Morgan fingerprint density at radius 2 is 1.67 bits per heavy atom. The van der Waals surface area contributed by atoms with Gasteiger partial charge in [0.1, 0.15) is 0 Å². The van der Waals surface area contributed by atoms with Gasteiger partial charge in [-0.1, -0.05) is 20.8 Å². The molecule has 0 aromatic carbocycles. The molecule has 0 unspecified atom stereocenters. The van der Waals surface area contributed by atoms with Crippen molar-refractivity contribution in [2.45, 2.75) is 53.5 Å². The molecule has 0 aromatic heterocycles. The van der Waals surface area contributed by atoms with Gasteiger partial charge >= 0.3 is 0 Å². The summed E-state index contributed by atoms with van der Waals surface area (Å²) in [6, 6.07) is 0. The zero-order valence-corrected chi connectivity index (χ0v) is 11.4. The van der Waals surface area contributed by atoms with E-state index in [0.29, 0.717) is 0 Å². The second-order valence-electron chi connectivity index (χ2n) is 5.80. The minimum Gasteiger partial charge on any atom is -0.380 e. The van der Waals surface area contributed by atoms with E-state index >= 15 is 0 Å². The van der Waals surface area contributed by atoms with Crippen molar-refractivity contribution in [1.82, 2.24) is 5.32 Å². The van der Waals surface area contributed by atoms with Crippen molar-refractivity contribution >= 4 is 0 Å². The fourth-order valence-corrected chi connectivity index (χ4v) is 1.20. The third kappa shape index (κ3) is 10.2. The maximum Gasteiger partial charge on any atom is 0.0591 e. The van der Waals surface area contributed by atoms with Gasteiger partial charge < -0.3 is 10.1 Å². The van der Waals surface area contributed by atoms with E-state index < -0.39 is 0 Å². The van der Waals surface area contributed by atoms with Gasteiger partial charge in [0.05, 0.1) is 6.61 Å². The van der Waals surface area contributed by atoms with Crippen molar-refractivity contribution in [2.75, 3.05) is 19.8 Å². The summed E-state index contributed by atoms with van der Waals surface area (Å²) in [4.78, 5) is 0. The van der Waals surface area contributed by atoms with Crippen LogP contribution in [0.4, 0.5) is 0 Å². The molecule has 0 aliphatic carbocycles. The molecule has 0 heterocycles. The summed E-state index contributed by atoms with van der Waals surface area (Å²) in [7, 11) is 0. The maximum absolute atomic E-state index is 5.59. The van der Waals surface area contributed by atoms with Gasteiger partial charge in [-0.3, -0.25) is 0 Å². The first-order valence-corrected chi connectivity index (χ1v) is 6.15. The van der Waals surface area contributed by atoms with Crippen LogP contribution >= 0.6 is 0 Å². The minimum atomic E-state index is 0.203. The van der Waals surface area contributed by atoms with Gasteiger partial charge in [0.2, 0.25) is 0 Å². The first-order chi connectivity index (χ1) is 6.83. The predicted molar refractivity (Wildman–Crippen MR) is 67.2 cm³/mol. The Morgan fingerprint density at radius 3 is 2.13 bits per heavy atom. The summed E-state index contributed by atoms with van der Waals surface area (Å²) in [6.45, 7) is 16.0. The molecule has 0 amide bonds. The van der Waals surface area contributed by atoms with E-state index in [1.807, 2.05) is 0 Å². The standard InChI is InChI=1S/C13H29NO/c1-11(2)12(3)7-9-15-10-8-14-13(4,5)6/h11-12,14H,7-10H2,1-6H3/t12-/m1/s1. The molecule has 15 heavy (non-hydrogen) atoms. The second kappa shape index (κ2) is 7.24. The van der Waals surface area contributed by atoms with Crippen molar-refractivity contribution in [3.63, 3.8) is 0 Å². The molecule has 0 spiro atoms. The monoisotopic (exact) mass is 215 g/mol. The molecule has 0 aliphatic rings. The summed E-state index contributed by atoms with van der Waals surface area (Å²) in [5, 5.41) is 3.41. The smallest absolute Gasteiger partial charge is 0.0591 e. The van der Waals surface area contributed by atoms with E-state index in [1.54, 1.807) is 0 Å². The van der Waals surface area contributed by atoms with Crippen molar-refractivity contribution in [3.8, 4) is 0 Å². The summed E-state index contributed by atoms with van der Waals surface area (Å²) in [5.41, 5.74) is 0.203. The Labute approximate surface area is 95.8 Å². The van der Waals surface area contributed by atoms with Crippen molar-refractivity contribution < 1.29 is 4.74 Å². The Morgan fingerprint density at radius 1 is 1.07 bits per heavy atom. The predicted octanol–water partition coefficient (Wildman–Crippen LogP) is 3.07. The molecule has 0 saturated heterocycles. The molecule has 1 atom stereocenters. The number of hydrogen-bond acceptors (Lipinski definition) is 2. The number of hydrogen-bond donors (Lipinski definition) is 1. The highest BCUT2D eigenvalue weighted by atomic mass is 16.5. The van der Waals surface area contributed by atoms with Gasteiger partial charge in [0.25, 0.3) is 0 Å². The van der Waals surface area contributed by atoms with Crippen LogP contribution in [0.15, 0.2) is 0 Å². The molecule has 0 bridgehead atoms. The van der Waals surface area contributed by atoms with Crippen LogP contribution in [0.25, 0.3) is 0 Å². The minimum absolute atomic E-state index is 0.203. The van der Waals surface area contributed by atoms with Gasteiger partial charge in [-0.15, -0.1) is 0 Å². The molecule has 0 saturated carbocycles. The molecule has 2 heteroatoms. The van der Waals surface area contributed by atoms with Gasteiger partial charge in [-0.05, 0) is 39.0 Å². The lowest BCUT2D eigenvalue weighted by atomic mass is 9.95. The van der Waals surface area contributed by atoms with Gasteiger partial charge in [-0.25, -0.2) is 0 Å². The Hall–Kier alpha value is -0.0800. The van der Waals surface area contributed by atoms with Crippen molar-refractivity contribution in [1.29, 1.82) is 0 Å². The van der Waals surface area contributed by atoms with Crippen LogP contribution in [-0.4, -0.2) is 25.3 Å². The third-order valence-electron chi connectivity index (χ3n) is 2.76. The highest BCUT2D eigenvalue weighted by molar-refractivity contribution is 4.69. The lowest BCUT2D eigenvalue weighted by Gasteiger charge is -2.20. The largest absolute Gasteiger partial charge is 0.380 e. The van der Waals surface area contributed by atoms with Crippen LogP contribution in [0.3, 0.4) is 0 Å². The Kier molecular flexibility index (Phi) is 7.20. The molecule has 92 valence electrons. The molecule has 0 fully saturated rings. The average Bonchev–Trinajstić information content (AvgIpc) is 2.08. The van der Waals surface area contributed by atoms with E-state index in [0.717, 1.165) is 31.6 Å². The van der Waals surface area contributed by atoms with Crippen LogP contribution in [0.5, 0.6) is 0 Å². The first kappa shape index (κ1) is 14.9. The topological polar surface area (TPSA) is 21.3 Å². The quantitative estimate of drug-likeness (QED) is 0.659. The Bertz CT molecular complexity index is 149. The van der Waals surface area contributed by atoms with E-state index in [2.05, 4.69) is 46.9 Å². The van der Waals surface area contributed by atoms with Crippen LogP contribution in [0.1, 0.15) is 48.0 Å². The van der Waals surface area contributed by atoms with E-state index in [-0.39, 0.29) is 5.54 Å². The molecule has 0 radical (unpaired) electrons. The number of rotatable bonds is 7. The summed E-state index contributed by atoms with van der Waals surface area (Å²) >= 11 is 0. The SMILES string of the molecule is CC(C)[C@H](C)CCOCCNC(C)(C)C. The third-order valence-corrected chi connectivity index (χ3v) is 2.76. The molecular formula is C13H29NO. The van der Waals surface area contributed by atoms with Gasteiger partial charge in [0, 0.05) is 18.7 Å². The summed E-state index contributed by atoms with van der Waals surface area (Å²) in [5.74, 6) is 1.53. The van der Waals surface area contributed by atoms with Crippen LogP contribution in [0, 0.1) is 11.8 Å². The lowest BCUT2D eigenvalue weighted by molar-refractivity contribution is 0.113. The normalized spacial score (nSPS) is 14.6. The first-order valence-electron chi connectivity index (χ1n) is 6.15. The number of ether oxygens (including phenoxy) is 1. The van der Waals surface area contributed by atoms with Gasteiger partial charge in [0.15, 0.2) is 0 Å². The van der Waals surface area contributed by atoms with Crippen LogP contribution in [-0.2, 0) is 4.74 Å².